The van der Waals surface area contributed by atoms with E-state index in [1.54, 1.807) is 4.90 Å². The highest BCUT2D eigenvalue weighted by atomic mass is 32.2. The van der Waals surface area contributed by atoms with Crippen molar-refractivity contribution in [1.29, 1.82) is 0 Å². The molecule has 4 rings (SSSR count). The van der Waals surface area contributed by atoms with Crippen molar-refractivity contribution in [1.82, 2.24) is 4.31 Å². The van der Waals surface area contributed by atoms with E-state index in [-0.39, 0.29) is 30.6 Å². The molecular formula is C19H19FN2O4S. The topological polar surface area (TPSA) is 66.9 Å². The number of para-hydroxylation sites is 1. The van der Waals surface area contributed by atoms with Gasteiger partial charge in [-0.1, -0.05) is 18.2 Å². The summed E-state index contributed by atoms with van der Waals surface area (Å²) in [6.07, 6.45) is 0.613. The van der Waals surface area contributed by atoms with Gasteiger partial charge in [0.2, 0.25) is 10.0 Å². The second kappa shape index (κ2) is 6.94. The minimum absolute atomic E-state index is 0.0741. The van der Waals surface area contributed by atoms with Crippen molar-refractivity contribution in [3.63, 3.8) is 0 Å². The number of benzene rings is 2. The highest BCUT2D eigenvalue weighted by Crippen LogP contribution is 2.32. The minimum Gasteiger partial charge on any atom is -0.444 e. The number of amides is 1. The molecule has 0 unspecified atom stereocenters. The Morgan fingerprint density at radius 3 is 2.37 bits per heavy atom. The summed E-state index contributed by atoms with van der Waals surface area (Å²) in [6.45, 7) is 0.829. The largest absolute Gasteiger partial charge is 0.444 e. The van der Waals surface area contributed by atoms with Crippen LogP contribution in [-0.4, -0.2) is 37.9 Å². The average Bonchev–Trinajstić information content (AvgIpc) is 2.68. The van der Waals surface area contributed by atoms with E-state index in [0.717, 1.165) is 23.4 Å². The molecule has 1 fully saturated rings. The number of piperidine rings is 1. The molecule has 0 radical (unpaired) electrons. The molecule has 2 aliphatic rings. The molecule has 0 aromatic heterocycles. The molecule has 0 N–H and O–H groups in total. The molecular weight excluding hydrogens is 371 g/mol. The van der Waals surface area contributed by atoms with Gasteiger partial charge in [0.15, 0.2) is 0 Å². The lowest BCUT2D eigenvalue weighted by molar-refractivity contribution is 0.136. The van der Waals surface area contributed by atoms with E-state index in [2.05, 4.69) is 0 Å². The summed E-state index contributed by atoms with van der Waals surface area (Å²) < 4.78 is 45.2. The number of carbonyl (C=O) groups excluding carboxylic acids is 1. The standard InChI is InChI=1S/C19H19FN2O4S/c20-15-5-7-17(8-6-15)27(24,25)21-11-9-16(10-12-21)22-18-4-2-1-3-14(18)13-26-19(22)23/h1-8,16H,9-13H2. The zero-order valence-electron chi connectivity index (χ0n) is 14.5. The van der Waals surface area contributed by atoms with E-state index < -0.39 is 21.9 Å². The number of sulfonamides is 1. The lowest BCUT2D eigenvalue weighted by Gasteiger charge is -2.39. The lowest BCUT2D eigenvalue weighted by atomic mass is 10.0. The van der Waals surface area contributed by atoms with Gasteiger partial charge in [0, 0.05) is 24.7 Å². The fraction of sp³-hybridized carbons (Fsp3) is 0.316. The molecule has 8 heteroatoms. The van der Waals surface area contributed by atoms with Gasteiger partial charge in [0.1, 0.15) is 12.4 Å². The number of hydrogen-bond donors (Lipinski definition) is 0. The van der Waals surface area contributed by atoms with E-state index in [9.17, 15) is 17.6 Å². The maximum Gasteiger partial charge on any atom is 0.414 e. The van der Waals surface area contributed by atoms with E-state index >= 15 is 0 Å². The average molecular weight is 390 g/mol. The summed E-state index contributed by atoms with van der Waals surface area (Å²) >= 11 is 0. The number of carbonyl (C=O) groups is 1. The molecule has 0 aliphatic carbocycles. The Hall–Kier alpha value is -2.45. The first-order valence-electron chi connectivity index (χ1n) is 8.76. The molecule has 0 bridgehead atoms. The van der Waals surface area contributed by atoms with E-state index in [4.69, 9.17) is 4.74 Å². The number of nitrogens with zero attached hydrogens (tertiary/aromatic N) is 2. The van der Waals surface area contributed by atoms with Gasteiger partial charge in [-0.05, 0) is 43.2 Å². The van der Waals surface area contributed by atoms with Crippen LogP contribution in [0.4, 0.5) is 14.9 Å². The quantitative estimate of drug-likeness (QED) is 0.808. The third-order valence-electron chi connectivity index (χ3n) is 5.04. The molecule has 6 nitrogen and oxygen atoms in total. The molecule has 27 heavy (non-hydrogen) atoms. The minimum atomic E-state index is -3.68. The Kier molecular flexibility index (Phi) is 4.61. The van der Waals surface area contributed by atoms with Gasteiger partial charge in [-0.25, -0.2) is 17.6 Å². The first-order chi connectivity index (χ1) is 13.0. The second-order valence-corrected chi connectivity index (χ2v) is 8.58. The Morgan fingerprint density at radius 2 is 1.67 bits per heavy atom. The van der Waals surface area contributed by atoms with Crippen molar-refractivity contribution in [3.05, 3.63) is 59.9 Å². The van der Waals surface area contributed by atoms with Crippen molar-refractivity contribution in [2.24, 2.45) is 0 Å². The van der Waals surface area contributed by atoms with Gasteiger partial charge in [-0.2, -0.15) is 4.31 Å². The fourth-order valence-electron chi connectivity index (χ4n) is 3.62. The molecule has 0 atom stereocenters. The summed E-state index contributed by atoms with van der Waals surface area (Å²) in [6, 6.07) is 12.3. The maximum absolute atomic E-state index is 13.1. The third-order valence-corrected chi connectivity index (χ3v) is 6.95. The van der Waals surface area contributed by atoms with Gasteiger partial charge in [0.25, 0.3) is 0 Å². The molecule has 2 aliphatic heterocycles. The van der Waals surface area contributed by atoms with E-state index in [0.29, 0.717) is 12.8 Å². The van der Waals surface area contributed by atoms with Crippen LogP contribution in [0.5, 0.6) is 0 Å². The van der Waals surface area contributed by atoms with Crippen LogP contribution in [-0.2, 0) is 21.4 Å². The fourth-order valence-corrected chi connectivity index (χ4v) is 5.09. The number of ether oxygens (including phenoxy) is 1. The third kappa shape index (κ3) is 3.30. The number of rotatable bonds is 3. The van der Waals surface area contributed by atoms with Crippen molar-refractivity contribution in [2.45, 2.75) is 30.4 Å². The van der Waals surface area contributed by atoms with E-state index in [1.165, 1.54) is 16.4 Å². The van der Waals surface area contributed by atoms with Crippen molar-refractivity contribution in [2.75, 3.05) is 18.0 Å². The molecule has 1 amide bonds. The summed E-state index contributed by atoms with van der Waals surface area (Å²) in [7, 11) is -3.68. The summed E-state index contributed by atoms with van der Waals surface area (Å²) in [5.74, 6) is -0.477. The number of cyclic esters (lactones) is 1. The molecule has 2 aromatic carbocycles. The number of halogens is 1. The number of fused-ring (bicyclic) bond motifs is 1. The van der Waals surface area contributed by atoms with Crippen LogP contribution in [0.25, 0.3) is 0 Å². The lowest BCUT2D eigenvalue weighted by Crippen LogP contribution is -2.50. The highest BCUT2D eigenvalue weighted by molar-refractivity contribution is 7.89. The van der Waals surface area contributed by atoms with Gasteiger partial charge in [0.05, 0.1) is 10.6 Å². The van der Waals surface area contributed by atoms with Crippen LogP contribution >= 0.6 is 0 Å². The summed E-state index contributed by atoms with van der Waals surface area (Å²) in [4.78, 5) is 14.0. The molecule has 1 saturated heterocycles. The van der Waals surface area contributed by atoms with Crippen LogP contribution in [0.1, 0.15) is 18.4 Å². The normalized spacial score (nSPS) is 18.9. The Morgan fingerprint density at radius 1 is 1.00 bits per heavy atom. The van der Waals surface area contributed by atoms with Gasteiger partial charge in [-0.15, -0.1) is 0 Å². The Bertz CT molecular complexity index is 954. The molecule has 2 aromatic rings. The number of anilines is 1. The summed E-state index contributed by atoms with van der Waals surface area (Å²) in [5, 5.41) is 0. The Balaban J connectivity index is 1.51. The van der Waals surface area contributed by atoms with Crippen LogP contribution in [0.3, 0.4) is 0 Å². The summed E-state index contributed by atoms with van der Waals surface area (Å²) in [5.41, 5.74) is 1.77. The van der Waals surface area contributed by atoms with Crippen molar-refractivity contribution >= 4 is 21.8 Å². The van der Waals surface area contributed by atoms with E-state index in [1.807, 2.05) is 24.3 Å². The first kappa shape index (κ1) is 17.9. The van der Waals surface area contributed by atoms with Gasteiger partial charge < -0.3 is 4.74 Å². The molecule has 0 spiro atoms. The van der Waals surface area contributed by atoms with Crippen LogP contribution in [0.2, 0.25) is 0 Å². The smallest absolute Gasteiger partial charge is 0.414 e. The predicted molar refractivity (Wildman–Crippen MR) is 97.3 cm³/mol. The van der Waals surface area contributed by atoms with Gasteiger partial charge in [-0.3, -0.25) is 4.90 Å². The van der Waals surface area contributed by atoms with Crippen molar-refractivity contribution < 1.29 is 22.3 Å². The maximum atomic E-state index is 13.1. The predicted octanol–water partition coefficient (Wildman–Crippen LogP) is 3.14. The first-order valence-corrected chi connectivity index (χ1v) is 10.2. The van der Waals surface area contributed by atoms with Gasteiger partial charge >= 0.3 is 6.09 Å². The molecule has 0 saturated carbocycles. The number of hydrogen-bond acceptors (Lipinski definition) is 4. The Labute approximate surface area is 157 Å². The second-order valence-electron chi connectivity index (χ2n) is 6.64. The molecule has 142 valence electrons. The molecule has 2 heterocycles. The van der Waals surface area contributed by atoms with Crippen molar-refractivity contribution in [3.8, 4) is 0 Å². The highest BCUT2D eigenvalue weighted by Gasteiger charge is 2.36. The van der Waals surface area contributed by atoms with Crippen LogP contribution in [0, 0.1) is 5.82 Å². The monoisotopic (exact) mass is 390 g/mol. The van der Waals surface area contributed by atoms with Crippen LogP contribution < -0.4 is 4.90 Å². The zero-order chi connectivity index (χ0) is 19.0. The van der Waals surface area contributed by atoms with Crippen LogP contribution in [0.15, 0.2) is 53.4 Å². The zero-order valence-corrected chi connectivity index (χ0v) is 15.4. The SMILES string of the molecule is O=C1OCc2ccccc2N1C1CCN(S(=O)(=O)c2ccc(F)cc2)CC1.